The van der Waals surface area contributed by atoms with Gasteiger partial charge in [0.2, 0.25) is 0 Å². The van der Waals surface area contributed by atoms with Crippen molar-refractivity contribution in [2.24, 2.45) is 4.40 Å². The average Bonchev–Trinajstić information content (AvgIpc) is 2.18. The quantitative estimate of drug-likeness (QED) is 0.467. The number of halogens is 2. The Balaban J connectivity index is 2.89. The maximum absolute atomic E-state index is 13.4. The summed E-state index contributed by atoms with van der Waals surface area (Å²) in [6.45, 7) is 5.36. The predicted octanol–water partition coefficient (Wildman–Crippen LogP) is 2.76. The standard InChI is InChI=1S/C10H12ClFN2OS/c1-10(2,3)16(15)14-6-7-4-5-13-9(11)8(7)12/h4-6H,1-3H3/b14-6+. The summed E-state index contributed by atoms with van der Waals surface area (Å²) in [5.74, 6) is -0.654. The number of nitrogens with zero attached hydrogens (tertiary/aromatic N) is 2. The minimum absolute atomic E-state index is 0.178. The van der Waals surface area contributed by atoms with E-state index in [4.69, 9.17) is 11.6 Å². The highest BCUT2D eigenvalue weighted by atomic mass is 35.5. The van der Waals surface area contributed by atoms with Crippen molar-refractivity contribution in [2.75, 3.05) is 0 Å². The van der Waals surface area contributed by atoms with E-state index >= 15 is 0 Å². The molecule has 3 nitrogen and oxygen atoms in total. The van der Waals surface area contributed by atoms with Gasteiger partial charge in [-0.25, -0.2) is 9.37 Å². The molecule has 1 heterocycles. The first kappa shape index (κ1) is 13.4. The Labute approximate surface area is 102 Å². The molecule has 0 N–H and O–H groups in total. The summed E-state index contributed by atoms with van der Waals surface area (Å²) in [7, 11) is 0. The highest BCUT2D eigenvalue weighted by Crippen LogP contribution is 2.18. The number of pyridine rings is 1. The van der Waals surface area contributed by atoms with Crippen LogP contribution in [0.1, 0.15) is 26.3 Å². The molecular formula is C10H12ClFN2OS. The molecule has 0 amide bonds. The minimum Gasteiger partial charge on any atom is -0.591 e. The van der Waals surface area contributed by atoms with Gasteiger partial charge in [-0.2, -0.15) is 0 Å². The molecule has 1 aromatic rings. The third-order valence-electron chi connectivity index (χ3n) is 1.69. The van der Waals surface area contributed by atoms with Crippen molar-refractivity contribution in [1.29, 1.82) is 0 Å². The van der Waals surface area contributed by atoms with Gasteiger partial charge in [-0.15, -0.1) is 0 Å². The normalized spacial score (nSPS) is 14.4. The first-order chi connectivity index (χ1) is 7.32. The molecule has 6 heteroatoms. The van der Waals surface area contributed by atoms with Gasteiger partial charge in [0.1, 0.15) is 16.1 Å². The monoisotopic (exact) mass is 262 g/mol. The van der Waals surface area contributed by atoms with Crippen molar-refractivity contribution in [3.8, 4) is 0 Å². The van der Waals surface area contributed by atoms with Crippen LogP contribution in [0.15, 0.2) is 16.7 Å². The molecule has 0 saturated heterocycles. The average molecular weight is 263 g/mol. The minimum atomic E-state index is -1.41. The number of hydrogen-bond acceptors (Lipinski definition) is 3. The van der Waals surface area contributed by atoms with E-state index in [1.807, 2.05) is 0 Å². The molecule has 0 radical (unpaired) electrons. The maximum Gasteiger partial charge on any atom is 0.169 e. The number of rotatable bonds is 2. The molecule has 1 atom stereocenters. The molecule has 88 valence electrons. The van der Waals surface area contributed by atoms with Gasteiger partial charge in [-0.1, -0.05) is 16.0 Å². The van der Waals surface area contributed by atoms with E-state index in [0.717, 1.165) is 0 Å². The van der Waals surface area contributed by atoms with E-state index in [0.29, 0.717) is 0 Å². The van der Waals surface area contributed by atoms with Gasteiger partial charge in [-0.05, 0) is 26.8 Å². The Hall–Kier alpha value is -0.650. The van der Waals surface area contributed by atoms with Crippen LogP contribution in [-0.2, 0) is 11.4 Å². The molecule has 0 aromatic carbocycles. The van der Waals surface area contributed by atoms with Gasteiger partial charge in [0.15, 0.2) is 11.0 Å². The molecule has 0 bridgehead atoms. The molecule has 16 heavy (non-hydrogen) atoms. The van der Waals surface area contributed by atoms with Crippen molar-refractivity contribution in [2.45, 2.75) is 25.5 Å². The molecule has 1 aromatic heterocycles. The molecule has 0 aliphatic heterocycles. The summed E-state index contributed by atoms with van der Waals surface area (Å²) in [6.07, 6.45) is 2.58. The number of aromatic nitrogens is 1. The van der Waals surface area contributed by atoms with E-state index in [1.165, 1.54) is 18.5 Å². The lowest BCUT2D eigenvalue weighted by atomic mass is 10.3. The highest BCUT2D eigenvalue weighted by molar-refractivity contribution is 7.91. The molecule has 0 saturated carbocycles. The fourth-order valence-electron chi connectivity index (χ4n) is 0.794. The molecule has 0 spiro atoms. The van der Waals surface area contributed by atoms with E-state index in [1.54, 1.807) is 20.8 Å². The second kappa shape index (κ2) is 5.12. The van der Waals surface area contributed by atoms with Crippen LogP contribution in [0.25, 0.3) is 0 Å². The summed E-state index contributed by atoms with van der Waals surface area (Å²) < 4.78 is 28.3. The van der Waals surface area contributed by atoms with Crippen LogP contribution in [0.5, 0.6) is 0 Å². The van der Waals surface area contributed by atoms with Crippen LogP contribution in [0.2, 0.25) is 5.15 Å². The predicted molar refractivity (Wildman–Crippen MR) is 64.7 cm³/mol. The molecule has 0 aliphatic rings. The van der Waals surface area contributed by atoms with Crippen molar-refractivity contribution >= 4 is 29.2 Å². The topological polar surface area (TPSA) is 48.3 Å². The van der Waals surface area contributed by atoms with Crippen LogP contribution >= 0.6 is 11.6 Å². The van der Waals surface area contributed by atoms with Crippen LogP contribution in [0.3, 0.4) is 0 Å². The lowest BCUT2D eigenvalue weighted by Gasteiger charge is -2.17. The SMILES string of the molecule is CC(C)(C)[S+]([O-])/N=C/c1ccnc(Cl)c1F. The fourth-order valence-corrected chi connectivity index (χ4v) is 1.49. The zero-order valence-corrected chi connectivity index (χ0v) is 10.8. The summed E-state index contributed by atoms with van der Waals surface area (Å²) in [6, 6.07) is 1.42. The Bertz CT molecular complexity index is 406. The van der Waals surface area contributed by atoms with E-state index in [9.17, 15) is 8.94 Å². The van der Waals surface area contributed by atoms with Crippen LogP contribution in [0.4, 0.5) is 4.39 Å². The lowest BCUT2D eigenvalue weighted by Crippen LogP contribution is -2.25. The third-order valence-corrected chi connectivity index (χ3v) is 3.30. The van der Waals surface area contributed by atoms with Gasteiger partial charge < -0.3 is 4.55 Å². The smallest absolute Gasteiger partial charge is 0.169 e. The Kier molecular flexibility index (Phi) is 4.29. The first-order valence-electron chi connectivity index (χ1n) is 4.58. The van der Waals surface area contributed by atoms with Crippen LogP contribution in [-0.4, -0.2) is 20.5 Å². The Morgan fingerprint density at radius 3 is 2.75 bits per heavy atom. The van der Waals surface area contributed by atoms with Crippen molar-refractivity contribution in [3.63, 3.8) is 0 Å². The zero-order chi connectivity index (χ0) is 12.3. The second-order valence-electron chi connectivity index (χ2n) is 4.10. The van der Waals surface area contributed by atoms with E-state index < -0.39 is 21.9 Å². The maximum atomic E-state index is 13.4. The summed E-state index contributed by atoms with van der Waals surface area (Å²) in [5.41, 5.74) is 0.178. The van der Waals surface area contributed by atoms with Crippen LogP contribution in [0, 0.1) is 5.82 Å². The van der Waals surface area contributed by atoms with E-state index in [-0.39, 0.29) is 10.7 Å². The van der Waals surface area contributed by atoms with Crippen molar-refractivity contribution < 1.29 is 8.94 Å². The van der Waals surface area contributed by atoms with Gasteiger partial charge >= 0.3 is 0 Å². The zero-order valence-electron chi connectivity index (χ0n) is 9.20. The van der Waals surface area contributed by atoms with Crippen LogP contribution < -0.4 is 0 Å². The lowest BCUT2D eigenvalue weighted by molar-refractivity contribution is 0.561. The molecular weight excluding hydrogens is 251 g/mol. The third kappa shape index (κ3) is 3.43. The van der Waals surface area contributed by atoms with Crippen molar-refractivity contribution in [1.82, 2.24) is 4.98 Å². The molecule has 1 rings (SSSR count). The first-order valence-corrected chi connectivity index (χ1v) is 6.07. The summed E-state index contributed by atoms with van der Waals surface area (Å²) in [5, 5.41) is -0.217. The number of hydrogen-bond donors (Lipinski definition) is 0. The summed E-state index contributed by atoms with van der Waals surface area (Å²) in [4.78, 5) is 3.57. The highest BCUT2D eigenvalue weighted by Gasteiger charge is 2.25. The second-order valence-corrected chi connectivity index (χ2v) is 6.39. The van der Waals surface area contributed by atoms with Gasteiger partial charge in [0, 0.05) is 11.8 Å². The Morgan fingerprint density at radius 2 is 2.19 bits per heavy atom. The van der Waals surface area contributed by atoms with E-state index in [2.05, 4.69) is 9.38 Å². The molecule has 0 aliphatic carbocycles. The summed E-state index contributed by atoms with van der Waals surface area (Å²) >= 11 is 4.08. The van der Waals surface area contributed by atoms with Gasteiger partial charge in [-0.3, -0.25) is 0 Å². The Morgan fingerprint density at radius 1 is 1.56 bits per heavy atom. The largest absolute Gasteiger partial charge is 0.591 e. The molecule has 1 unspecified atom stereocenters. The molecule has 0 fully saturated rings. The van der Waals surface area contributed by atoms with Gasteiger partial charge in [0.05, 0.1) is 6.21 Å². The van der Waals surface area contributed by atoms with Gasteiger partial charge in [0.25, 0.3) is 0 Å². The fraction of sp³-hybridized carbons (Fsp3) is 0.400. The van der Waals surface area contributed by atoms with Crippen molar-refractivity contribution in [3.05, 3.63) is 28.8 Å².